The molecule has 0 saturated carbocycles. The molecular formula is C15H19N7S. The second-order valence-electron chi connectivity index (χ2n) is 5.31. The molecule has 0 aliphatic rings. The molecule has 120 valence electrons. The van der Waals surface area contributed by atoms with Gasteiger partial charge in [-0.3, -0.25) is 0 Å². The summed E-state index contributed by atoms with van der Waals surface area (Å²) in [6.07, 6.45) is 1.67. The van der Waals surface area contributed by atoms with Gasteiger partial charge in [-0.15, -0.1) is 10.2 Å². The van der Waals surface area contributed by atoms with Crippen molar-refractivity contribution in [3.63, 3.8) is 0 Å². The van der Waals surface area contributed by atoms with Crippen LogP contribution in [0.5, 0.6) is 0 Å². The number of fused-ring (bicyclic) bond motifs is 1. The average molecular weight is 329 g/mol. The second kappa shape index (κ2) is 6.19. The summed E-state index contributed by atoms with van der Waals surface area (Å²) >= 11 is 1.31. The molecule has 3 aromatic rings. The van der Waals surface area contributed by atoms with Crippen LogP contribution < -0.4 is 0 Å². The van der Waals surface area contributed by atoms with Crippen molar-refractivity contribution < 1.29 is 0 Å². The Morgan fingerprint density at radius 2 is 1.61 bits per heavy atom. The molecule has 0 unspecified atom stereocenters. The third-order valence-corrected chi connectivity index (χ3v) is 4.62. The fraction of sp³-hybridized carbons (Fsp3) is 0.467. The standard InChI is InChI=1S/C15H19N7S/c1-6-11-12(7-2)19-20-14(17-11)23-15-18-13-16-9(4)8(3)10(5)22(13)21-15/h6-7H2,1-5H3. The molecule has 0 aromatic carbocycles. The number of hydrogen-bond donors (Lipinski definition) is 0. The summed E-state index contributed by atoms with van der Waals surface area (Å²) in [4.78, 5) is 13.5. The first kappa shape index (κ1) is 15.8. The number of nitrogens with zero attached hydrogens (tertiary/aromatic N) is 7. The van der Waals surface area contributed by atoms with Gasteiger partial charge in [-0.1, -0.05) is 13.8 Å². The molecule has 3 aromatic heterocycles. The van der Waals surface area contributed by atoms with Crippen LogP contribution >= 0.6 is 11.8 Å². The highest BCUT2D eigenvalue weighted by Crippen LogP contribution is 2.23. The SMILES string of the molecule is CCc1nnc(Sc2nc3nc(C)c(C)c(C)n3n2)nc1CC. The van der Waals surface area contributed by atoms with E-state index in [9.17, 15) is 0 Å². The Morgan fingerprint density at radius 3 is 2.30 bits per heavy atom. The maximum Gasteiger partial charge on any atom is 0.253 e. The lowest BCUT2D eigenvalue weighted by atomic mass is 10.2. The smallest absolute Gasteiger partial charge is 0.224 e. The molecule has 0 aliphatic heterocycles. The molecule has 0 bridgehead atoms. The lowest BCUT2D eigenvalue weighted by molar-refractivity contribution is 0.741. The fourth-order valence-electron chi connectivity index (χ4n) is 2.33. The molecule has 0 aliphatic carbocycles. The molecule has 0 saturated heterocycles. The number of hydrogen-bond acceptors (Lipinski definition) is 7. The second-order valence-corrected chi connectivity index (χ2v) is 6.25. The molecule has 23 heavy (non-hydrogen) atoms. The van der Waals surface area contributed by atoms with Crippen LogP contribution in [0.1, 0.15) is 42.2 Å². The zero-order valence-corrected chi connectivity index (χ0v) is 14.8. The van der Waals surface area contributed by atoms with E-state index in [4.69, 9.17) is 0 Å². The van der Waals surface area contributed by atoms with Gasteiger partial charge >= 0.3 is 0 Å². The van der Waals surface area contributed by atoms with E-state index < -0.39 is 0 Å². The van der Waals surface area contributed by atoms with Gasteiger partial charge in [-0.2, -0.15) is 10.1 Å². The summed E-state index contributed by atoms with van der Waals surface area (Å²) in [5, 5.41) is 14.1. The summed E-state index contributed by atoms with van der Waals surface area (Å²) < 4.78 is 1.76. The lowest BCUT2D eigenvalue weighted by Crippen LogP contribution is -2.03. The van der Waals surface area contributed by atoms with E-state index in [-0.39, 0.29) is 0 Å². The summed E-state index contributed by atoms with van der Waals surface area (Å²) in [7, 11) is 0. The average Bonchev–Trinajstić information content (AvgIpc) is 2.95. The van der Waals surface area contributed by atoms with Gasteiger partial charge in [-0.05, 0) is 50.9 Å². The summed E-state index contributed by atoms with van der Waals surface area (Å²) in [5.74, 6) is 0.599. The highest BCUT2D eigenvalue weighted by Gasteiger charge is 2.14. The van der Waals surface area contributed by atoms with E-state index in [2.05, 4.69) is 44.1 Å². The van der Waals surface area contributed by atoms with Gasteiger partial charge in [0.15, 0.2) is 0 Å². The summed E-state index contributed by atoms with van der Waals surface area (Å²) in [6, 6.07) is 0. The molecule has 0 radical (unpaired) electrons. The first-order valence-corrected chi connectivity index (χ1v) is 8.46. The Balaban J connectivity index is 1.97. The third kappa shape index (κ3) is 2.90. The van der Waals surface area contributed by atoms with E-state index >= 15 is 0 Å². The van der Waals surface area contributed by atoms with E-state index in [0.29, 0.717) is 16.1 Å². The Kier molecular flexibility index (Phi) is 4.25. The van der Waals surface area contributed by atoms with Gasteiger partial charge in [0.2, 0.25) is 10.3 Å². The molecule has 0 atom stereocenters. The van der Waals surface area contributed by atoms with Crippen LogP contribution in [0.3, 0.4) is 0 Å². The first-order valence-electron chi connectivity index (χ1n) is 7.64. The highest BCUT2D eigenvalue weighted by molar-refractivity contribution is 7.99. The van der Waals surface area contributed by atoms with Crippen LogP contribution in [0.25, 0.3) is 5.78 Å². The van der Waals surface area contributed by atoms with E-state index in [1.807, 2.05) is 20.8 Å². The molecule has 3 heterocycles. The van der Waals surface area contributed by atoms with Crippen LogP contribution in [-0.2, 0) is 12.8 Å². The van der Waals surface area contributed by atoms with E-state index in [1.165, 1.54) is 11.8 Å². The van der Waals surface area contributed by atoms with Crippen molar-refractivity contribution in [1.29, 1.82) is 0 Å². The Morgan fingerprint density at radius 1 is 0.870 bits per heavy atom. The minimum atomic E-state index is 0.570. The molecule has 0 N–H and O–H groups in total. The van der Waals surface area contributed by atoms with Gasteiger partial charge in [0, 0.05) is 11.4 Å². The van der Waals surface area contributed by atoms with Crippen LogP contribution in [0, 0.1) is 20.8 Å². The normalized spacial score (nSPS) is 11.3. The van der Waals surface area contributed by atoms with Crippen LogP contribution in [-0.4, -0.2) is 34.8 Å². The monoisotopic (exact) mass is 329 g/mol. The minimum Gasteiger partial charge on any atom is -0.224 e. The van der Waals surface area contributed by atoms with Crippen molar-refractivity contribution in [1.82, 2.24) is 34.8 Å². The van der Waals surface area contributed by atoms with Crippen molar-refractivity contribution in [2.75, 3.05) is 0 Å². The molecule has 0 amide bonds. The summed E-state index contributed by atoms with van der Waals surface area (Å²) in [5.41, 5.74) is 5.06. The first-order chi connectivity index (χ1) is 11.0. The molecule has 3 rings (SSSR count). The topological polar surface area (TPSA) is 81.8 Å². The van der Waals surface area contributed by atoms with Crippen LogP contribution in [0.2, 0.25) is 0 Å². The molecule has 0 spiro atoms. The van der Waals surface area contributed by atoms with Gasteiger partial charge in [0.05, 0.1) is 11.4 Å². The third-order valence-electron chi connectivity index (χ3n) is 3.91. The predicted molar refractivity (Wildman–Crippen MR) is 87.7 cm³/mol. The Bertz CT molecular complexity index is 872. The van der Waals surface area contributed by atoms with Crippen LogP contribution in [0.15, 0.2) is 10.3 Å². The van der Waals surface area contributed by atoms with Gasteiger partial charge < -0.3 is 0 Å². The van der Waals surface area contributed by atoms with Crippen molar-refractivity contribution in [3.8, 4) is 0 Å². The quantitative estimate of drug-likeness (QED) is 0.727. The van der Waals surface area contributed by atoms with Crippen molar-refractivity contribution in [2.24, 2.45) is 0 Å². The van der Waals surface area contributed by atoms with Crippen molar-refractivity contribution >= 4 is 17.5 Å². The van der Waals surface area contributed by atoms with E-state index in [0.717, 1.165) is 41.2 Å². The highest BCUT2D eigenvalue weighted by atomic mass is 32.2. The zero-order chi connectivity index (χ0) is 16.6. The maximum atomic E-state index is 4.56. The predicted octanol–water partition coefficient (Wildman–Crippen LogP) is 2.51. The molecule has 0 fully saturated rings. The van der Waals surface area contributed by atoms with Crippen molar-refractivity contribution in [3.05, 3.63) is 28.3 Å². The number of aromatic nitrogens is 7. The maximum absolute atomic E-state index is 4.56. The molecule has 7 nitrogen and oxygen atoms in total. The van der Waals surface area contributed by atoms with E-state index in [1.54, 1.807) is 4.52 Å². The van der Waals surface area contributed by atoms with Gasteiger partial charge in [0.25, 0.3) is 5.78 Å². The molecular weight excluding hydrogens is 310 g/mol. The number of rotatable bonds is 4. The van der Waals surface area contributed by atoms with Crippen LogP contribution in [0.4, 0.5) is 0 Å². The zero-order valence-electron chi connectivity index (χ0n) is 14.0. The largest absolute Gasteiger partial charge is 0.253 e. The van der Waals surface area contributed by atoms with Gasteiger partial charge in [-0.25, -0.2) is 14.5 Å². The summed E-state index contributed by atoms with van der Waals surface area (Å²) in [6.45, 7) is 10.2. The molecule has 8 heteroatoms. The lowest BCUT2D eigenvalue weighted by Gasteiger charge is -2.04. The number of aryl methyl sites for hydroxylation is 4. The Hall–Kier alpha value is -2.09. The van der Waals surface area contributed by atoms with Gasteiger partial charge in [0.1, 0.15) is 0 Å². The Labute approximate surface area is 139 Å². The van der Waals surface area contributed by atoms with Crippen molar-refractivity contribution in [2.45, 2.75) is 57.8 Å². The minimum absolute atomic E-state index is 0.570. The fourth-order valence-corrected chi connectivity index (χ4v) is 2.98.